The number of carbonyl (C=O) groups excluding carboxylic acids is 3. The van der Waals surface area contributed by atoms with Crippen molar-refractivity contribution in [1.82, 2.24) is 9.80 Å². The number of benzene rings is 1. The molecule has 1 aromatic carbocycles. The first kappa shape index (κ1) is 18.4. The molecule has 1 saturated heterocycles. The normalized spacial score (nSPS) is 18.7. The highest BCUT2D eigenvalue weighted by atomic mass is 35.5. The van der Waals surface area contributed by atoms with Crippen LogP contribution in [0.15, 0.2) is 35.0 Å². The lowest BCUT2D eigenvalue weighted by Gasteiger charge is -2.35. The topological polar surface area (TPSA) is 70.2 Å². The van der Waals surface area contributed by atoms with E-state index in [4.69, 9.17) is 11.6 Å². The van der Waals surface area contributed by atoms with Crippen molar-refractivity contribution in [2.24, 2.45) is 0 Å². The zero-order chi connectivity index (χ0) is 18.8. The number of rotatable bonds is 4. The number of anilines is 1. The van der Waals surface area contributed by atoms with E-state index in [9.17, 15) is 14.4 Å². The highest BCUT2D eigenvalue weighted by Gasteiger charge is 2.41. The van der Waals surface area contributed by atoms with Crippen LogP contribution >= 0.6 is 11.6 Å². The van der Waals surface area contributed by atoms with Crippen LogP contribution in [0.2, 0.25) is 0 Å². The van der Waals surface area contributed by atoms with Gasteiger partial charge in [-0.25, -0.2) is 9.69 Å². The average Bonchev–Trinajstić information content (AvgIpc) is 2.90. The van der Waals surface area contributed by atoms with Gasteiger partial charge in [-0.1, -0.05) is 18.5 Å². The molecule has 2 amide bonds. The number of hydrogen-bond donors (Lipinski definition) is 0. The molecule has 0 bridgehead atoms. The molecule has 0 aliphatic carbocycles. The summed E-state index contributed by atoms with van der Waals surface area (Å²) in [6, 6.07) is 6.08. The van der Waals surface area contributed by atoms with E-state index in [0.29, 0.717) is 24.3 Å². The summed E-state index contributed by atoms with van der Waals surface area (Å²) in [6.45, 7) is 5.97. The van der Waals surface area contributed by atoms with Gasteiger partial charge in [-0.15, -0.1) is 0 Å². The number of carbonyl (C=O) groups is 3. The molecule has 0 aromatic heterocycles. The van der Waals surface area contributed by atoms with Gasteiger partial charge >= 0.3 is 5.97 Å². The SMILES string of the molecule is CCN1CCN(C2=C(Cl)C(=O)N(c3ccc(C(=O)OC)cc3)C2=O)CC1. The molecule has 138 valence electrons. The van der Waals surface area contributed by atoms with Gasteiger partial charge in [0, 0.05) is 26.2 Å². The van der Waals surface area contributed by atoms with E-state index in [0.717, 1.165) is 24.5 Å². The average molecular weight is 378 g/mol. The minimum absolute atomic E-state index is 0.0583. The van der Waals surface area contributed by atoms with Crippen LogP contribution < -0.4 is 4.90 Å². The van der Waals surface area contributed by atoms with E-state index in [1.807, 2.05) is 4.90 Å². The van der Waals surface area contributed by atoms with E-state index in [-0.39, 0.29) is 10.7 Å². The second-order valence-electron chi connectivity index (χ2n) is 6.07. The first-order valence-corrected chi connectivity index (χ1v) is 8.80. The summed E-state index contributed by atoms with van der Waals surface area (Å²) in [5.74, 6) is -1.47. The highest BCUT2D eigenvalue weighted by molar-refractivity contribution is 6.52. The van der Waals surface area contributed by atoms with Crippen molar-refractivity contribution in [3.8, 4) is 0 Å². The fourth-order valence-electron chi connectivity index (χ4n) is 3.15. The smallest absolute Gasteiger partial charge is 0.337 e. The van der Waals surface area contributed by atoms with Crippen LogP contribution in [0.1, 0.15) is 17.3 Å². The highest BCUT2D eigenvalue weighted by Crippen LogP contribution is 2.31. The third-order valence-electron chi connectivity index (χ3n) is 4.69. The van der Waals surface area contributed by atoms with Crippen LogP contribution in [0.3, 0.4) is 0 Å². The molecule has 0 spiro atoms. The Labute approximate surface area is 156 Å². The summed E-state index contributed by atoms with van der Waals surface area (Å²) < 4.78 is 4.65. The van der Waals surface area contributed by atoms with Crippen molar-refractivity contribution >= 4 is 35.1 Å². The number of hydrogen-bond acceptors (Lipinski definition) is 6. The Hall–Kier alpha value is -2.38. The Morgan fingerprint density at radius 2 is 1.69 bits per heavy atom. The van der Waals surface area contributed by atoms with E-state index in [1.165, 1.54) is 31.4 Å². The zero-order valence-corrected chi connectivity index (χ0v) is 15.5. The molecule has 0 atom stereocenters. The zero-order valence-electron chi connectivity index (χ0n) is 14.7. The van der Waals surface area contributed by atoms with Gasteiger partial charge in [0.25, 0.3) is 11.8 Å². The molecule has 2 heterocycles. The maximum atomic E-state index is 12.9. The molecule has 26 heavy (non-hydrogen) atoms. The molecule has 7 nitrogen and oxygen atoms in total. The lowest BCUT2D eigenvalue weighted by molar-refractivity contribution is -0.121. The number of ether oxygens (including phenoxy) is 1. The van der Waals surface area contributed by atoms with Gasteiger partial charge in [0.05, 0.1) is 18.4 Å². The molecular formula is C18H20ClN3O4. The molecule has 2 aliphatic rings. The number of imide groups is 1. The Balaban J connectivity index is 1.81. The Kier molecular flexibility index (Phi) is 5.29. The van der Waals surface area contributed by atoms with Gasteiger partial charge in [0.15, 0.2) is 0 Å². The Morgan fingerprint density at radius 3 is 2.23 bits per heavy atom. The minimum atomic E-state index is -0.546. The number of amides is 2. The molecule has 1 fully saturated rings. The Morgan fingerprint density at radius 1 is 1.08 bits per heavy atom. The van der Waals surface area contributed by atoms with Crippen molar-refractivity contribution < 1.29 is 19.1 Å². The molecule has 8 heteroatoms. The number of piperazine rings is 1. The van der Waals surface area contributed by atoms with E-state index in [1.54, 1.807) is 0 Å². The maximum absolute atomic E-state index is 12.9. The predicted molar refractivity (Wildman–Crippen MR) is 96.8 cm³/mol. The van der Waals surface area contributed by atoms with Crippen molar-refractivity contribution in [2.45, 2.75) is 6.92 Å². The number of esters is 1. The largest absolute Gasteiger partial charge is 0.465 e. The summed E-state index contributed by atoms with van der Waals surface area (Å²) in [6.07, 6.45) is 0. The molecule has 2 aliphatic heterocycles. The second kappa shape index (κ2) is 7.47. The quantitative estimate of drug-likeness (QED) is 0.584. The maximum Gasteiger partial charge on any atom is 0.337 e. The standard InChI is InChI=1S/C18H20ClN3O4/c1-3-20-8-10-21(11-9-20)15-14(19)16(23)22(17(15)24)13-6-4-12(5-7-13)18(25)26-2/h4-7H,3,8-11H2,1-2H3. The molecule has 0 saturated carbocycles. The van der Waals surface area contributed by atoms with Crippen LogP contribution in [0, 0.1) is 0 Å². The van der Waals surface area contributed by atoms with Crippen LogP contribution in [0.25, 0.3) is 0 Å². The molecular weight excluding hydrogens is 358 g/mol. The third kappa shape index (κ3) is 3.20. The lowest BCUT2D eigenvalue weighted by Crippen LogP contribution is -2.47. The molecule has 3 rings (SSSR count). The third-order valence-corrected chi connectivity index (χ3v) is 5.03. The van der Waals surface area contributed by atoms with Crippen molar-refractivity contribution in [3.05, 3.63) is 40.6 Å². The monoisotopic (exact) mass is 377 g/mol. The van der Waals surface area contributed by atoms with E-state index in [2.05, 4.69) is 16.6 Å². The lowest BCUT2D eigenvalue weighted by atomic mass is 10.2. The minimum Gasteiger partial charge on any atom is -0.465 e. The van der Waals surface area contributed by atoms with Crippen LogP contribution in [-0.4, -0.2) is 67.4 Å². The summed E-state index contributed by atoms with van der Waals surface area (Å²) in [5, 5.41) is -0.0583. The first-order chi connectivity index (χ1) is 12.5. The van der Waals surface area contributed by atoms with E-state index < -0.39 is 17.8 Å². The number of nitrogens with zero attached hydrogens (tertiary/aromatic N) is 3. The second-order valence-corrected chi connectivity index (χ2v) is 6.45. The van der Waals surface area contributed by atoms with E-state index >= 15 is 0 Å². The van der Waals surface area contributed by atoms with Crippen LogP contribution in [-0.2, 0) is 14.3 Å². The summed E-state index contributed by atoms with van der Waals surface area (Å²) >= 11 is 6.21. The molecule has 0 radical (unpaired) electrons. The number of halogens is 1. The predicted octanol–water partition coefficient (Wildman–Crippen LogP) is 1.43. The summed E-state index contributed by atoms with van der Waals surface area (Å²) in [5.41, 5.74) is 0.961. The molecule has 0 N–H and O–H groups in total. The number of likely N-dealkylation sites (N-methyl/N-ethyl adjacent to an activating group) is 1. The Bertz CT molecular complexity index is 767. The van der Waals surface area contributed by atoms with Crippen molar-refractivity contribution in [2.75, 3.05) is 44.7 Å². The first-order valence-electron chi connectivity index (χ1n) is 8.42. The molecule has 0 unspecified atom stereocenters. The van der Waals surface area contributed by atoms with Crippen molar-refractivity contribution in [3.63, 3.8) is 0 Å². The van der Waals surface area contributed by atoms with Gasteiger partial charge in [-0.3, -0.25) is 9.59 Å². The van der Waals surface area contributed by atoms with Crippen molar-refractivity contribution in [1.29, 1.82) is 0 Å². The van der Waals surface area contributed by atoms with Gasteiger partial charge in [0.1, 0.15) is 10.7 Å². The fourth-order valence-corrected chi connectivity index (χ4v) is 3.44. The molecule has 1 aromatic rings. The van der Waals surface area contributed by atoms with Gasteiger partial charge in [-0.05, 0) is 30.8 Å². The van der Waals surface area contributed by atoms with Crippen LogP contribution in [0.4, 0.5) is 5.69 Å². The van der Waals surface area contributed by atoms with Gasteiger partial charge < -0.3 is 14.5 Å². The van der Waals surface area contributed by atoms with Gasteiger partial charge in [0.2, 0.25) is 0 Å². The summed E-state index contributed by atoms with van der Waals surface area (Å²) in [4.78, 5) is 42.1. The van der Waals surface area contributed by atoms with Gasteiger partial charge in [-0.2, -0.15) is 0 Å². The number of methoxy groups -OCH3 is 1. The fraction of sp³-hybridized carbons (Fsp3) is 0.389. The van der Waals surface area contributed by atoms with Crippen LogP contribution in [0.5, 0.6) is 0 Å². The summed E-state index contributed by atoms with van der Waals surface area (Å²) in [7, 11) is 1.29.